The zero-order valence-electron chi connectivity index (χ0n) is 11.9. The Kier molecular flexibility index (Phi) is 7.84. The Bertz CT molecular complexity index is 427. The quantitative estimate of drug-likeness (QED) is 0.724. The van der Waals surface area contributed by atoms with Crippen LogP contribution in [-0.4, -0.2) is 32.9 Å². The van der Waals surface area contributed by atoms with Gasteiger partial charge in [0.25, 0.3) is 0 Å². The van der Waals surface area contributed by atoms with Gasteiger partial charge in [0.2, 0.25) is 0 Å². The van der Waals surface area contributed by atoms with Gasteiger partial charge in [0.15, 0.2) is 0 Å². The molecule has 20 heavy (non-hydrogen) atoms. The maximum absolute atomic E-state index is 11.7. The van der Waals surface area contributed by atoms with Crippen LogP contribution in [0.5, 0.6) is 5.75 Å². The largest absolute Gasteiger partial charge is 0.495 e. The summed E-state index contributed by atoms with van der Waals surface area (Å²) in [6.07, 6.45) is 1.80. The minimum atomic E-state index is -0.276. The molecule has 0 saturated heterocycles. The molecule has 1 rings (SSSR count). The van der Waals surface area contributed by atoms with E-state index in [1.807, 2.05) is 6.92 Å². The lowest BCUT2D eigenvalue weighted by atomic mass is 10.3. The summed E-state index contributed by atoms with van der Waals surface area (Å²) in [6, 6.07) is 4.79. The van der Waals surface area contributed by atoms with Crippen molar-refractivity contribution in [1.29, 1.82) is 0 Å². The lowest BCUT2D eigenvalue weighted by molar-refractivity contribution is 0.143. The number of unbranched alkanes of at least 4 members (excludes halogenated alkanes) is 1. The highest BCUT2D eigenvalue weighted by atomic mass is 35.5. The first kappa shape index (κ1) is 16.6. The number of rotatable bonds is 8. The van der Waals surface area contributed by atoms with Crippen molar-refractivity contribution in [3.05, 3.63) is 23.2 Å². The number of urea groups is 1. The second-order valence-corrected chi connectivity index (χ2v) is 4.57. The first-order valence-electron chi connectivity index (χ1n) is 6.63. The number of methoxy groups -OCH3 is 1. The standard InChI is InChI=1S/C14H21ClN2O3/c1-3-20-9-5-4-8-16-14(18)17-12-10-11(15)6-7-13(12)19-2/h6-7,10H,3-5,8-9H2,1-2H3,(H2,16,17,18). The molecule has 0 unspecified atom stereocenters. The summed E-state index contributed by atoms with van der Waals surface area (Å²) in [4.78, 5) is 11.7. The van der Waals surface area contributed by atoms with Crippen molar-refractivity contribution < 1.29 is 14.3 Å². The van der Waals surface area contributed by atoms with Crippen molar-refractivity contribution in [2.75, 3.05) is 32.2 Å². The van der Waals surface area contributed by atoms with Crippen molar-refractivity contribution in [2.45, 2.75) is 19.8 Å². The van der Waals surface area contributed by atoms with Crippen molar-refractivity contribution in [1.82, 2.24) is 5.32 Å². The van der Waals surface area contributed by atoms with Crippen LogP contribution < -0.4 is 15.4 Å². The van der Waals surface area contributed by atoms with Crippen molar-refractivity contribution in [3.63, 3.8) is 0 Å². The summed E-state index contributed by atoms with van der Waals surface area (Å²) < 4.78 is 10.4. The fourth-order valence-corrected chi connectivity index (χ4v) is 1.79. The van der Waals surface area contributed by atoms with E-state index in [-0.39, 0.29) is 6.03 Å². The molecule has 0 spiro atoms. The lowest BCUT2D eigenvalue weighted by Gasteiger charge is -2.11. The Morgan fingerprint density at radius 3 is 2.85 bits per heavy atom. The lowest BCUT2D eigenvalue weighted by Crippen LogP contribution is -2.29. The van der Waals surface area contributed by atoms with E-state index < -0.39 is 0 Å². The predicted molar refractivity (Wildman–Crippen MR) is 80.8 cm³/mol. The van der Waals surface area contributed by atoms with E-state index in [0.29, 0.717) is 23.0 Å². The van der Waals surface area contributed by atoms with E-state index in [2.05, 4.69) is 10.6 Å². The molecule has 1 aromatic carbocycles. The highest BCUT2D eigenvalue weighted by Crippen LogP contribution is 2.27. The highest BCUT2D eigenvalue weighted by Gasteiger charge is 2.07. The second kappa shape index (κ2) is 9.44. The summed E-state index contributed by atoms with van der Waals surface area (Å²) in [6.45, 7) is 4.01. The minimum absolute atomic E-state index is 0.276. The molecule has 0 aliphatic heterocycles. The van der Waals surface area contributed by atoms with Gasteiger partial charge in [0.1, 0.15) is 5.75 Å². The monoisotopic (exact) mass is 300 g/mol. The van der Waals surface area contributed by atoms with Gasteiger partial charge in [-0.15, -0.1) is 0 Å². The molecule has 112 valence electrons. The first-order chi connectivity index (χ1) is 9.67. The zero-order valence-corrected chi connectivity index (χ0v) is 12.6. The van der Waals surface area contributed by atoms with Gasteiger partial charge in [-0.3, -0.25) is 0 Å². The number of carbonyl (C=O) groups excluding carboxylic acids is 1. The third kappa shape index (κ3) is 6.12. The van der Waals surface area contributed by atoms with Crippen molar-refractivity contribution >= 4 is 23.3 Å². The average Bonchev–Trinajstić information content (AvgIpc) is 2.43. The van der Waals surface area contributed by atoms with Crippen LogP contribution in [0.25, 0.3) is 0 Å². The third-order valence-electron chi connectivity index (χ3n) is 2.61. The molecule has 0 saturated carbocycles. The van der Waals surface area contributed by atoms with Crippen LogP contribution in [0.3, 0.4) is 0 Å². The molecular formula is C14H21ClN2O3. The number of ether oxygens (including phenoxy) is 2. The van der Waals surface area contributed by atoms with Gasteiger partial charge in [-0.25, -0.2) is 4.79 Å². The summed E-state index contributed by atoms with van der Waals surface area (Å²) in [7, 11) is 1.54. The van der Waals surface area contributed by atoms with Gasteiger partial charge in [0, 0.05) is 24.8 Å². The van der Waals surface area contributed by atoms with Crippen molar-refractivity contribution in [2.24, 2.45) is 0 Å². The topological polar surface area (TPSA) is 59.6 Å². The maximum atomic E-state index is 11.7. The fourth-order valence-electron chi connectivity index (χ4n) is 1.62. The fraction of sp³-hybridized carbons (Fsp3) is 0.500. The van der Waals surface area contributed by atoms with Crippen LogP contribution in [0.1, 0.15) is 19.8 Å². The Morgan fingerprint density at radius 1 is 1.35 bits per heavy atom. The van der Waals surface area contributed by atoms with Crippen LogP contribution >= 0.6 is 11.6 Å². The third-order valence-corrected chi connectivity index (χ3v) is 2.85. The van der Waals surface area contributed by atoms with E-state index in [4.69, 9.17) is 21.1 Å². The van der Waals surface area contributed by atoms with E-state index in [0.717, 1.165) is 26.1 Å². The van der Waals surface area contributed by atoms with Gasteiger partial charge in [-0.1, -0.05) is 11.6 Å². The van der Waals surface area contributed by atoms with Crippen LogP contribution in [0.4, 0.5) is 10.5 Å². The summed E-state index contributed by atoms with van der Waals surface area (Å²) in [5, 5.41) is 6.03. The van der Waals surface area contributed by atoms with Crippen LogP contribution in [-0.2, 0) is 4.74 Å². The predicted octanol–water partition coefficient (Wildman–Crippen LogP) is 3.29. The number of nitrogens with one attached hydrogen (secondary N) is 2. The minimum Gasteiger partial charge on any atom is -0.495 e. The van der Waals surface area contributed by atoms with Crippen LogP contribution in [0, 0.1) is 0 Å². The van der Waals surface area contributed by atoms with Gasteiger partial charge in [0.05, 0.1) is 12.8 Å². The average molecular weight is 301 g/mol. The molecule has 2 N–H and O–H groups in total. The molecule has 5 nitrogen and oxygen atoms in total. The smallest absolute Gasteiger partial charge is 0.319 e. The van der Waals surface area contributed by atoms with Gasteiger partial charge >= 0.3 is 6.03 Å². The molecule has 2 amide bonds. The van der Waals surface area contributed by atoms with E-state index in [9.17, 15) is 4.79 Å². The molecule has 0 heterocycles. The molecule has 0 fully saturated rings. The summed E-state index contributed by atoms with van der Waals surface area (Å²) in [5.74, 6) is 0.570. The van der Waals surface area contributed by atoms with Crippen molar-refractivity contribution in [3.8, 4) is 5.75 Å². The van der Waals surface area contributed by atoms with Crippen LogP contribution in [0.2, 0.25) is 5.02 Å². The normalized spacial score (nSPS) is 10.2. The number of anilines is 1. The maximum Gasteiger partial charge on any atom is 0.319 e. The van der Waals surface area contributed by atoms with E-state index in [1.54, 1.807) is 25.3 Å². The molecule has 0 aliphatic rings. The number of amides is 2. The van der Waals surface area contributed by atoms with Gasteiger partial charge in [-0.2, -0.15) is 0 Å². The van der Waals surface area contributed by atoms with E-state index in [1.165, 1.54) is 0 Å². The summed E-state index contributed by atoms with van der Waals surface area (Å²) in [5.41, 5.74) is 0.548. The molecule has 0 bridgehead atoms. The number of hydrogen-bond acceptors (Lipinski definition) is 3. The zero-order chi connectivity index (χ0) is 14.8. The molecule has 0 aliphatic carbocycles. The van der Waals surface area contributed by atoms with Gasteiger partial charge in [-0.05, 0) is 38.0 Å². The number of benzene rings is 1. The van der Waals surface area contributed by atoms with Gasteiger partial charge < -0.3 is 20.1 Å². The number of carbonyl (C=O) groups is 1. The van der Waals surface area contributed by atoms with Crippen LogP contribution in [0.15, 0.2) is 18.2 Å². The molecular weight excluding hydrogens is 280 g/mol. The Morgan fingerprint density at radius 2 is 2.15 bits per heavy atom. The molecule has 0 radical (unpaired) electrons. The second-order valence-electron chi connectivity index (χ2n) is 4.13. The summed E-state index contributed by atoms with van der Waals surface area (Å²) >= 11 is 5.89. The Labute approximate surface area is 124 Å². The molecule has 1 aromatic rings. The Balaban J connectivity index is 2.33. The van der Waals surface area contributed by atoms with E-state index >= 15 is 0 Å². The molecule has 0 aromatic heterocycles. The number of hydrogen-bond donors (Lipinski definition) is 2. The molecule has 0 atom stereocenters. The highest BCUT2D eigenvalue weighted by molar-refractivity contribution is 6.31. The Hall–Kier alpha value is -1.46. The SMILES string of the molecule is CCOCCCCNC(=O)Nc1cc(Cl)ccc1OC. The molecule has 6 heteroatoms. The number of halogens is 1. The first-order valence-corrected chi connectivity index (χ1v) is 7.01.